The van der Waals surface area contributed by atoms with Crippen molar-refractivity contribution in [1.82, 2.24) is 5.32 Å². The van der Waals surface area contributed by atoms with Crippen molar-refractivity contribution in [2.45, 2.75) is 24.3 Å². The highest BCUT2D eigenvalue weighted by Crippen LogP contribution is 2.21. The smallest absolute Gasteiger partial charge is 0.221 e. The molecule has 6 heteroatoms. The summed E-state index contributed by atoms with van der Waals surface area (Å²) in [6.45, 7) is 2.27. The third-order valence-corrected chi connectivity index (χ3v) is 3.23. The van der Waals surface area contributed by atoms with Crippen LogP contribution in [-0.4, -0.2) is 24.2 Å². The van der Waals surface area contributed by atoms with Crippen LogP contribution >= 0.6 is 24.2 Å². The van der Waals surface area contributed by atoms with Gasteiger partial charge in [0.25, 0.3) is 0 Å². The van der Waals surface area contributed by atoms with Gasteiger partial charge in [-0.25, -0.2) is 4.39 Å². The average molecular weight is 293 g/mol. The van der Waals surface area contributed by atoms with Crippen molar-refractivity contribution in [3.8, 4) is 0 Å². The lowest BCUT2D eigenvalue weighted by Gasteiger charge is -2.10. The molecule has 1 atom stereocenters. The molecule has 0 fully saturated rings. The number of hydrogen-bond acceptors (Lipinski definition) is 3. The van der Waals surface area contributed by atoms with Crippen LogP contribution in [0.4, 0.5) is 4.39 Å². The maximum absolute atomic E-state index is 13.2. The largest absolute Gasteiger partial charge is 0.352 e. The van der Waals surface area contributed by atoms with Crippen LogP contribution in [0.2, 0.25) is 0 Å². The van der Waals surface area contributed by atoms with E-state index in [2.05, 4.69) is 5.32 Å². The number of nitrogens with two attached hydrogens (primary N) is 1. The number of rotatable bonds is 6. The Balaban J connectivity index is 0.00000289. The van der Waals surface area contributed by atoms with Gasteiger partial charge in [-0.05, 0) is 19.1 Å². The summed E-state index contributed by atoms with van der Waals surface area (Å²) in [6, 6.07) is 6.54. The first-order valence-electron chi connectivity index (χ1n) is 5.50. The molecule has 18 heavy (non-hydrogen) atoms. The Bertz CT molecular complexity index is 379. The molecule has 0 unspecified atom stereocenters. The molecule has 0 aromatic heterocycles. The lowest BCUT2D eigenvalue weighted by atomic mass is 10.3. The zero-order valence-electron chi connectivity index (χ0n) is 10.2. The first kappa shape index (κ1) is 17.2. The van der Waals surface area contributed by atoms with E-state index in [0.717, 1.165) is 0 Å². The van der Waals surface area contributed by atoms with E-state index in [9.17, 15) is 9.18 Å². The molecule has 0 saturated heterocycles. The van der Waals surface area contributed by atoms with Crippen molar-refractivity contribution >= 4 is 30.1 Å². The van der Waals surface area contributed by atoms with Crippen LogP contribution in [0.15, 0.2) is 29.2 Å². The number of amides is 1. The van der Waals surface area contributed by atoms with Crippen LogP contribution in [0.25, 0.3) is 0 Å². The first-order chi connectivity index (χ1) is 8.13. The van der Waals surface area contributed by atoms with E-state index in [1.54, 1.807) is 18.2 Å². The Labute approximate surface area is 117 Å². The molecule has 0 spiro atoms. The average Bonchev–Trinajstić information content (AvgIpc) is 2.31. The second kappa shape index (κ2) is 9.19. The fourth-order valence-electron chi connectivity index (χ4n) is 1.22. The fourth-order valence-corrected chi connectivity index (χ4v) is 2.11. The predicted molar refractivity (Wildman–Crippen MR) is 75.6 cm³/mol. The molecule has 0 aliphatic rings. The van der Waals surface area contributed by atoms with E-state index in [1.165, 1.54) is 17.8 Å². The number of carbonyl (C=O) groups is 1. The zero-order valence-corrected chi connectivity index (χ0v) is 11.8. The van der Waals surface area contributed by atoms with Crippen molar-refractivity contribution < 1.29 is 9.18 Å². The van der Waals surface area contributed by atoms with E-state index in [0.29, 0.717) is 23.6 Å². The predicted octanol–water partition coefficient (Wildman–Crippen LogP) is 2.19. The van der Waals surface area contributed by atoms with Crippen LogP contribution in [0.1, 0.15) is 13.3 Å². The molecule has 1 amide bonds. The molecule has 3 N–H and O–H groups in total. The van der Waals surface area contributed by atoms with E-state index in [-0.39, 0.29) is 30.2 Å². The second-order valence-corrected chi connectivity index (χ2v) is 4.87. The van der Waals surface area contributed by atoms with Crippen molar-refractivity contribution in [3.63, 3.8) is 0 Å². The highest BCUT2D eigenvalue weighted by Gasteiger charge is 2.06. The highest BCUT2D eigenvalue weighted by molar-refractivity contribution is 7.99. The van der Waals surface area contributed by atoms with Gasteiger partial charge in [-0.2, -0.15) is 0 Å². The minimum Gasteiger partial charge on any atom is -0.352 e. The second-order valence-electron chi connectivity index (χ2n) is 3.73. The van der Waals surface area contributed by atoms with Gasteiger partial charge in [-0.15, -0.1) is 24.2 Å². The molecule has 0 aliphatic carbocycles. The molecule has 1 aromatic carbocycles. The fraction of sp³-hybridized carbons (Fsp3) is 0.417. The summed E-state index contributed by atoms with van der Waals surface area (Å²) in [6.07, 6.45) is 0.364. The summed E-state index contributed by atoms with van der Waals surface area (Å²) in [4.78, 5) is 12.0. The maximum atomic E-state index is 13.2. The van der Waals surface area contributed by atoms with Gasteiger partial charge < -0.3 is 11.1 Å². The van der Waals surface area contributed by atoms with Crippen molar-refractivity contribution in [2.75, 3.05) is 12.3 Å². The molecule has 0 saturated carbocycles. The molecule has 1 aromatic rings. The molecular formula is C12H18ClFN2OS. The Morgan fingerprint density at radius 3 is 2.78 bits per heavy atom. The molecule has 0 bridgehead atoms. The summed E-state index contributed by atoms with van der Waals surface area (Å²) in [5.41, 5.74) is 5.39. The molecule has 0 radical (unpaired) electrons. The van der Waals surface area contributed by atoms with Gasteiger partial charge in [0.15, 0.2) is 0 Å². The molecular weight excluding hydrogens is 275 g/mol. The Morgan fingerprint density at radius 1 is 1.50 bits per heavy atom. The topological polar surface area (TPSA) is 55.1 Å². The van der Waals surface area contributed by atoms with Gasteiger partial charge in [0, 0.05) is 29.7 Å². The monoisotopic (exact) mass is 292 g/mol. The quantitative estimate of drug-likeness (QED) is 0.790. The van der Waals surface area contributed by atoms with Crippen LogP contribution in [-0.2, 0) is 4.79 Å². The SMILES string of the molecule is C[C@@H](CN)NC(=O)CCSc1ccccc1F.Cl. The maximum Gasteiger partial charge on any atom is 0.221 e. The van der Waals surface area contributed by atoms with Gasteiger partial charge in [0.05, 0.1) is 0 Å². The van der Waals surface area contributed by atoms with Gasteiger partial charge in [-0.1, -0.05) is 12.1 Å². The van der Waals surface area contributed by atoms with E-state index >= 15 is 0 Å². The number of hydrogen-bond donors (Lipinski definition) is 2. The van der Waals surface area contributed by atoms with Gasteiger partial charge >= 0.3 is 0 Å². The minimum atomic E-state index is -0.242. The van der Waals surface area contributed by atoms with Crippen LogP contribution in [0, 0.1) is 5.82 Å². The van der Waals surface area contributed by atoms with Crippen LogP contribution < -0.4 is 11.1 Å². The van der Waals surface area contributed by atoms with Gasteiger partial charge in [0.1, 0.15) is 5.82 Å². The minimum absolute atomic E-state index is 0. The van der Waals surface area contributed by atoms with Crippen LogP contribution in [0.5, 0.6) is 0 Å². The van der Waals surface area contributed by atoms with Crippen molar-refractivity contribution in [2.24, 2.45) is 5.73 Å². The van der Waals surface area contributed by atoms with Gasteiger partial charge in [0.2, 0.25) is 5.91 Å². The van der Waals surface area contributed by atoms with E-state index in [1.807, 2.05) is 6.92 Å². The summed E-state index contributed by atoms with van der Waals surface area (Å²) < 4.78 is 13.2. The molecule has 102 valence electrons. The first-order valence-corrected chi connectivity index (χ1v) is 6.48. The summed E-state index contributed by atoms with van der Waals surface area (Å²) in [5, 5.41) is 2.76. The Morgan fingerprint density at radius 2 is 2.17 bits per heavy atom. The normalized spacial score (nSPS) is 11.5. The molecule has 3 nitrogen and oxygen atoms in total. The lowest BCUT2D eigenvalue weighted by Crippen LogP contribution is -2.37. The summed E-state index contributed by atoms with van der Waals surface area (Å²) in [5.74, 6) is 0.268. The summed E-state index contributed by atoms with van der Waals surface area (Å²) >= 11 is 1.34. The standard InChI is InChI=1S/C12H17FN2OS.ClH/c1-9(8-14)15-12(16)6-7-17-11-5-3-2-4-10(11)13;/h2-5,9H,6-8,14H2,1H3,(H,15,16);1H/t9-;/m0./s1. The van der Waals surface area contributed by atoms with Crippen molar-refractivity contribution in [3.05, 3.63) is 30.1 Å². The summed E-state index contributed by atoms with van der Waals surface area (Å²) in [7, 11) is 0. The highest BCUT2D eigenvalue weighted by atomic mass is 35.5. The molecule has 0 aliphatic heterocycles. The Kier molecular flexibility index (Phi) is 8.79. The number of halogens is 2. The zero-order chi connectivity index (χ0) is 12.7. The Hall–Kier alpha value is -0.780. The van der Waals surface area contributed by atoms with Crippen LogP contribution in [0.3, 0.4) is 0 Å². The number of benzene rings is 1. The molecule has 1 rings (SSSR count). The molecule has 0 heterocycles. The van der Waals surface area contributed by atoms with E-state index < -0.39 is 0 Å². The number of nitrogens with one attached hydrogen (secondary N) is 1. The van der Waals surface area contributed by atoms with E-state index in [4.69, 9.17) is 5.73 Å². The number of carbonyl (C=O) groups excluding carboxylic acids is 1. The van der Waals surface area contributed by atoms with Crippen molar-refractivity contribution in [1.29, 1.82) is 0 Å². The lowest BCUT2D eigenvalue weighted by molar-refractivity contribution is -0.121. The van der Waals surface area contributed by atoms with Gasteiger partial charge in [-0.3, -0.25) is 4.79 Å². The number of thioether (sulfide) groups is 1. The third-order valence-electron chi connectivity index (χ3n) is 2.18. The third kappa shape index (κ3) is 6.23.